The fourth-order valence-electron chi connectivity index (χ4n) is 6.35. The molecule has 0 saturated carbocycles. The summed E-state index contributed by atoms with van der Waals surface area (Å²) in [6, 6.07) is 23.6. The molecular weight excluding hydrogens is 893 g/mol. The maximum atomic E-state index is 5.33. The summed E-state index contributed by atoms with van der Waals surface area (Å²) in [5.74, 6) is 30.3. The van der Waals surface area contributed by atoms with Crippen LogP contribution in [0.1, 0.15) is 133 Å². The average Bonchev–Trinajstić information content (AvgIpc) is 3.40. The van der Waals surface area contributed by atoms with Crippen molar-refractivity contribution in [1.29, 1.82) is 0 Å². The van der Waals surface area contributed by atoms with E-state index in [1.165, 1.54) is 51.4 Å². The second-order valence-corrected chi connectivity index (χ2v) is 22.4. The molecule has 6 heterocycles. The third-order valence-electron chi connectivity index (χ3n) is 10.3. The van der Waals surface area contributed by atoms with Crippen LogP contribution in [0.5, 0.6) is 0 Å². The normalized spacial score (nSPS) is 10.6. The van der Waals surface area contributed by atoms with Crippen LogP contribution >= 0.6 is 0 Å². The van der Waals surface area contributed by atoms with Gasteiger partial charge in [-0.05, 0) is 147 Å². The zero-order valence-corrected chi connectivity index (χ0v) is 43.3. The average molecular weight is 955 g/mol. The van der Waals surface area contributed by atoms with E-state index in [-0.39, 0.29) is 0 Å². The molecule has 0 spiro atoms. The monoisotopic (exact) mass is 954 g/mol. The summed E-state index contributed by atoms with van der Waals surface area (Å²) in [5, 5.41) is 0. The summed E-state index contributed by atoms with van der Waals surface area (Å²) in [6.45, 7) is 11.1. The Labute approximate surface area is 430 Å². The van der Waals surface area contributed by atoms with E-state index in [0.717, 1.165) is 80.4 Å². The van der Waals surface area contributed by atoms with Gasteiger partial charge < -0.3 is 0 Å². The number of unbranched alkanes of at least 4 members (excludes halogenated alkanes) is 6. The lowest BCUT2D eigenvalue weighted by atomic mass is 10.1. The van der Waals surface area contributed by atoms with Crippen LogP contribution < -0.4 is 0 Å². The van der Waals surface area contributed by atoms with Crippen molar-refractivity contribution in [3.8, 4) is 71.2 Å². The minimum atomic E-state index is -1.38. The molecule has 356 valence electrons. The number of aryl methyl sites for hydroxylation is 2. The zero-order chi connectivity index (χ0) is 50.9. The van der Waals surface area contributed by atoms with Gasteiger partial charge in [-0.15, -0.1) is 12.0 Å². The second kappa shape index (κ2) is 31.5. The largest absolute Gasteiger partial charge is 0.260 e. The molecule has 7 heteroatoms. The minimum Gasteiger partial charge on any atom is -0.260 e. The molecule has 0 aliphatic rings. The van der Waals surface area contributed by atoms with Gasteiger partial charge in [0.2, 0.25) is 0 Å². The highest BCUT2D eigenvalue weighted by atomic mass is 28.3. The van der Waals surface area contributed by atoms with Gasteiger partial charge in [-0.1, -0.05) is 131 Å². The summed E-state index contributed by atoms with van der Waals surface area (Å²) < 4.78 is 0. The van der Waals surface area contributed by atoms with Crippen LogP contribution in [0.2, 0.25) is 19.6 Å². The van der Waals surface area contributed by atoms with Crippen molar-refractivity contribution in [3.63, 3.8) is 0 Å². The fraction of sp³-hybridized carbons (Fsp3) is 0.231. The standard InChI is InChI=1S/C34H35N3Si.C31H27N3/c1-5-6-7-8-15-32-21-18-29(26-35-32)13-9-11-16-33-22-19-30(27-36-33)14-10-12-17-34-23-20-31(28-37-34)24-25-38(2,3)4;1-3-5-6-7-14-29-21-18-27(24-33-29)13-9-11-16-31-22-19-28(25-34-31)12-8-10-15-30-20-17-26(4-2)23-32-30/h11-12,16-23,26-28H,5-8,15H2,1-4H3;2,10-11,15-25H,3,5-7,14H2,1H3/b16-11+,17-12-;15-10-,16-11+. The lowest BCUT2D eigenvalue weighted by Crippen LogP contribution is -2.16. The third-order valence-corrected chi connectivity index (χ3v) is 11.2. The lowest BCUT2D eigenvalue weighted by molar-refractivity contribution is 0.660. The Morgan fingerprint density at radius 2 is 0.708 bits per heavy atom. The number of pyridine rings is 6. The number of allylic oxidation sites excluding steroid dienone is 4. The molecule has 0 N–H and O–H groups in total. The van der Waals surface area contributed by atoms with Gasteiger partial charge in [0.05, 0.1) is 22.8 Å². The highest BCUT2D eigenvalue weighted by Gasteiger charge is 2.07. The molecule has 6 aromatic rings. The Morgan fingerprint density at radius 3 is 0.986 bits per heavy atom. The van der Waals surface area contributed by atoms with Gasteiger partial charge in [-0.3, -0.25) is 29.9 Å². The summed E-state index contributed by atoms with van der Waals surface area (Å²) >= 11 is 0. The quantitative estimate of drug-likeness (QED) is 0.0615. The van der Waals surface area contributed by atoms with Gasteiger partial charge in [0.1, 0.15) is 8.07 Å². The molecule has 0 radical (unpaired) electrons. The molecule has 0 aliphatic heterocycles. The Balaban J connectivity index is 0.000000269. The number of aromatic nitrogens is 6. The molecule has 0 atom stereocenters. The maximum Gasteiger partial charge on any atom is 0.129 e. The van der Waals surface area contributed by atoms with Crippen LogP contribution in [-0.4, -0.2) is 38.0 Å². The number of hydrogen-bond donors (Lipinski definition) is 0. The Morgan fingerprint density at radius 1 is 0.389 bits per heavy atom. The van der Waals surface area contributed by atoms with Crippen LogP contribution in [-0.2, 0) is 12.8 Å². The number of terminal acetylenes is 1. The molecule has 0 saturated heterocycles. The lowest BCUT2D eigenvalue weighted by Gasteiger charge is -2.03. The SMILES string of the molecule is C#Cc1ccc(/C=C\C#Cc2ccc(/C=C/C#Cc3ccc(CCCCCC)nc3)nc2)nc1.CCCCCCc1ccc(C#C/C=C/c2ccc(C#C/C=C\c3ccc(C#C[Si](C)(C)C)cn3)cn2)cn1. The molecule has 0 fully saturated rings. The van der Waals surface area contributed by atoms with Crippen molar-refractivity contribution < 1.29 is 0 Å². The molecule has 72 heavy (non-hydrogen) atoms. The van der Waals surface area contributed by atoms with Gasteiger partial charge in [-0.2, -0.15) is 0 Å². The topological polar surface area (TPSA) is 77.3 Å². The molecule has 0 bridgehead atoms. The van der Waals surface area contributed by atoms with Crippen molar-refractivity contribution in [2.75, 3.05) is 0 Å². The van der Waals surface area contributed by atoms with Crippen molar-refractivity contribution >= 4 is 32.4 Å². The summed E-state index contributed by atoms with van der Waals surface area (Å²) in [5.41, 5.74) is 14.2. The van der Waals surface area contributed by atoms with E-state index in [4.69, 9.17) is 6.42 Å². The Bertz CT molecular complexity index is 3110. The molecule has 0 amide bonds. The summed E-state index contributed by atoms with van der Waals surface area (Å²) in [6.07, 6.45) is 42.8. The predicted molar refractivity (Wildman–Crippen MR) is 303 cm³/mol. The first-order valence-corrected chi connectivity index (χ1v) is 28.1. The van der Waals surface area contributed by atoms with Crippen molar-refractivity contribution in [2.45, 2.75) is 97.7 Å². The zero-order valence-electron chi connectivity index (χ0n) is 42.3. The van der Waals surface area contributed by atoms with E-state index in [1.807, 2.05) is 110 Å². The van der Waals surface area contributed by atoms with E-state index < -0.39 is 8.07 Å². The van der Waals surface area contributed by atoms with Crippen molar-refractivity contribution in [1.82, 2.24) is 29.9 Å². The molecular formula is C65H62N6Si. The van der Waals surface area contributed by atoms with Crippen LogP contribution in [0.25, 0.3) is 24.3 Å². The Kier molecular flexibility index (Phi) is 23.8. The highest BCUT2D eigenvalue weighted by Crippen LogP contribution is 2.10. The van der Waals surface area contributed by atoms with Crippen molar-refractivity contribution in [3.05, 3.63) is 202 Å². The second-order valence-electron chi connectivity index (χ2n) is 17.6. The first kappa shape index (κ1) is 54.4. The van der Waals surface area contributed by atoms with Crippen molar-refractivity contribution in [2.24, 2.45) is 0 Å². The molecule has 0 aromatic carbocycles. The smallest absolute Gasteiger partial charge is 0.129 e. The van der Waals surface area contributed by atoms with E-state index in [9.17, 15) is 0 Å². The van der Waals surface area contributed by atoms with Crippen LogP contribution in [0.15, 0.2) is 134 Å². The maximum absolute atomic E-state index is 5.33. The summed E-state index contributed by atoms with van der Waals surface area (Å²) in [7, 11) is -1.38. The van der Waals surface area contributed by atoms with Gasteiger partial charge in [-0.25, -0.2) is 0 Å². The highest BCUT2D eigenvalue weighted by molar-refractivity contribution is 6.83. The Hall–Kier alpha value is -8.56. The summed E-state index contributed by atoms with van der Waals surface area (Å²) in [4.78, 5) is 26.6. The van der Waals surface area contributed by atoms with E-state index >= 15 is 0 Å². The molecule has 6 rings (SSSR count). The molecule has 6 aromatic heterocycles. The minimum absolute atomic E-state index is 0.758. The molecule has 0 aliphatic carbocycles. The van der Waals surface area contributed by atoms with Crippen LogP contribution in [0.3, 0.4) is 0 Å². The predicted octanol–water partition coefficient (Wildman–Crippen LogP) is 13.5. The van der Waals surface area contributed by atoms with E-state index in [2.05, 4.69) is 140 Å². The van der Waals surface area contributed by atoms with Crippen LogP contribution in [0, 0.1) is 71.2 Å². The van der Waals surface area contributed by atoms with E-state index in [1.54, 1.807) is 36.8 Å². The first-order valence-electron chi connectivity index (χ1n) is 24.6. The van der Waals surface area contributed by atoms with Gasteiger partial charge in [0.15, 0.2) is 0 Å². The van der Waals surface area contributed by atoms with Gasteiger partial charge in [0, 0.05) is 81.9 Å². The van der Waals surface area contributed by atoms with Gasteiger partial charge in [0.25, 0.3) is 0 Å². The van der Waals surface area contributed by atoms with Crippen LogP contribution in [0.4, 0.5) is 0 Å². The number of rotatable bonds is 14. The van der Waals surface area contributed by atoms with E-state index in [0.29, 0.717) is 0 Å². The fourth-order valence-corrected chi connectivity index (χ4v) is 6.87. The van der Waals surface area contributed by atoms with Gasteiger partial charge >= 0.3 is 0 Å². The molecule has 6 nitrogen and oxygen atoms in total. The number of hydrogen-bond acceptors (Lipinski definition) is 6. The third kappa shape index (κ3) is 22.7. The number of nitrogens with zero attached hydrogens (tertiary/aromatic N) is 6. The first-order chi connectivity index (χ1) is 35.2. The molecule has 0 unspecified atom stereocenters.